The van der Waals surface area contributed by atoms with Crippen LogP contribution in [0, 0.1) is 11.8 Å². The van der Waals surface area contributed by atoms with Crippen LogP contribution in [0.2, 0.25) is 0 Å². The molecule has 0 heterocycles. The van der Waals surface area contributed by atoms with Crippen LogP contribution in [0.25, 0.3) is 0 Å². The molecule has 0 atom stereocenters. The minimum atomic E-state index is 0.705. The number of hydrogen-bond acceptors (Lipinski definition) is 3. The summed E-state index contributed by atoms with van der Waals surface area (Å²) in [4.78, 5) is 0. The highest BCUT2D eigenvalue weighted by molar-refractivity contribution is 4.86. The molecule has 0 bridgehead atoms. The van der Waals surface area contributed by atoms with Crippen molar-refractivity contribution in [1.82, 2.24) is 5.32 Å². The lowest BCUT2D eigenvalue weighted by molar-refractivity contribution is 0.0684. The zero-order valence-corrected chi connectivity index (χ0v) is 11.7. The van der Waals surface area contributed by atoms with Gasteiger partial charge in [0.1, 0.15) is 0 Å². The van der Waals surface area contributed by atoms with E-state index in [-0.39, 0.29) is 0 Å². The highest BCUT2D eigenvalue weighted by atomic mass is 16.5. The number of methoxy groups -OCH3 is 1. The second-order valence-electron chi connectivity index (χ2n) is 5.44. The van der Waals surface area contributed by atoms with E-state index in [0.717, 1.165) is 44.1 Å². The molecule has 0 aromatic rings. The molecule has 0 radical (unpaired) electrons. The molecule has 1 rings (SSSR count). The molecule has 17 heavy (non-hydrogen) atoms. The van der Waals surface area contributed by atoms with Crippen molar-refractivity contribution in [2.24, 2.45) is 11.8 Å². The summed E-state index contributed by atoms with van der Waals surface area (Å²) in [7, 11) is 1.70. The predicted octanol–water partition coefficient (Wildman–Crippen LogP) is 2.45. The van der Waals surface area contributed by atoms with Crippen LogP contribution in [0.3, 0.4) is 0 Å². The normalized spacial score (nSPS) is 24.0. The van der Waals surface area contributed by atoms with E-state index in [1.807, 2.05) is 0 Å². The first kappa shape index (κ1) is 14.9. The number of unbranched alkanes of at least 4 members (excludes halogenated alkanes) is 1. The van der Waals surface area contributed by atoms with Gasteiger partial charge in [-0.25, -0.2) is 0 Å². The maximum absolute atomic E-state index is 5.42. The third kappa shape index (κ3) is 6.39. The van der Waals surface area contributed by atoms with Crippen LogP contribution in [-0.2, 0) is 9.47 Å². The molecule has 102 valence electrons. The summed E-state index contributed by atoms with van der Waals surface area (Å²) >= 11 is 0. The van der Waals surface area contributed by atoms with E-state index in [1.165, 1.54) is 19.3 Å². The smallest absolute Gasteiger partial charge is 0.0700 e. The summed E-state index contributed by atoms with van der Waals surface area (Å²) in [6.07, 6.45) is 5.12. The monoisotopic (exact) mass is 243 g/mol. The van der Waals surface area contributed by atoms with Crippen molar-refractivity contribution in [3.8, 4) is 0 Å². The lowest BCUT2D eigenvalue weighted by Crippen LogP contribution is -2.43. The fourth-order valence-electron chi connectivity index (χ4n) is 2.25. The van der Waals surface area contributed by atoms with Crippen LogP contribution in [-0.4, -0.2) is 39.5 Å². The zero-order valence-electron chi connectivity index (χ0n) is 11.7. The molecule has 3 heteroatoms. The molecule has 0 spiro atoms. The average Bonchev–Trinajstić information content (AvgIpc) is 2.23. The van der Waals surface area contributed by atoms with E-state index in [9.17, 15) is 0 Å². The van der Waals surface area contributed by atoms with Gasteiger partial charge < -0.3 is 14.8 Å². The summed E-state index contributed by atoms with van der Waals surface area (Å²) in [6.45, 7) is 8.10. The molecule has 1 saturated carbocycles. The second kappa shape index (κ2) is 8.90. The fourth-order valence-corrected chi connectivity index (χ4v) is 2.25. The maximum Gasteiger partial charge on any atom is 0.0700 e. The van der Waals surface area contributed by atoms with Crippen LogP contribution >= 0.6 is 0 Å². The Morgan fingerprint density at radius 3 is 2.53 bits per heavy atom. The lowest BCUT2D eigenvalue weighted by Gasteiger charge is -2.38. The largest absolute Gasteiger partial charge is 0.382 e. The Labute approximate surface area is 106 Å². The molecule has 0 aromatic heterocycles. The fraction of sp³-hybridized carbons (Fsp3) is 1.00. The molecule has 0 amide bonds. The van der Waals surface area contributed by atoms with Gasteiger partial charge in [-0.2, -0.15) is 0 Å². The molecule has 0 aliphatic heterocycles. The zero-order chi connectivity index (χ0) is 12.5. The SMILES string of the molecule is COCCOCCCCNC1CC(C(C)C)C1. The Balaban J connectivity index is 1.77. The topological polar surface area (TPSA) is 30.5 Å². The van der Waals surface area contributed by atoms with Crippen molar-refractivity contribution in [3.05, 3.63) is 0 Å². The minimum absolute atomic E-state index is 0.705. The highest BCUT2D eigenvalue weighted by Crippen LogP contribution is 2.33. The second-order valence-corrected chi connectivity index (χ2v) is 5.44. The van der Waals surface area contributed by atoms with E-state index >= 15 is 0 Å². The van der Waals surface area contributed by atoms with Gasteiger partial charge in [0, 0.05) is 19.8 Å². The molecule has 1 aliphatic carbocycles. The summed E-state index contributed by atoms with van der Waals surface area (Å²) in [6, 6.07) is 0.789. The van der Waals surface area contributed by atoms with E-state index in [0.29, 0.717) is 6.61 Å². The van der Waals surface area contributed by atoms with Crippen LogP contribution in [0.5, 0.6) is 0 Å². The Morgan fingerprint density at radius 1 is 1.12 bits per heavy atom. The number of rotatable bonds is 10. The van der Waals surface area contributed by atoms with Crippen LogP contribution in [0.1, 0.15) is 39.5 Å². The van der Waals surface area contributed by atoms with Crippen molar-refractivity contribution in [2.75, 3.05) is 33.5 Å². The predicted molar refractivity (Wildman–Crippen MR) is 71.3 cm³/mol. The van der Waals surface area contributed by atoms with E-state index in [2.05, 4.69) is 19.2 Å². The highest BCUT2D eigenvalue weighted by Gasteiger charge is 2.30. The molecular formula is C14H29NO2. The van der Waals surface area contributed by atoms with Crippen molar-refractivity contribution < 1.29 is 9.47 Å². The molecule has 1 N–H and O–H groups in total. The van der Waals surface area contributed by atoms with Crippen molar-refractivity contribution in [1.29, 1.82) is 0 Å². The molecule has 0 unspecified atom stereocenters. The number of nitrogens with one attached hydrogen (secondary N) is 1. The average molecular weight is 243 g/mol. The first-order valence-electron chi connectivity index (χ1n) is 7.04. The molecule has 3 nitrogen and oxygen atoms in total. The van der Waals surface area contributed by atoms with Crippen molar-refractivity contribution in [3.63, 3.8) is 0 Å². The number of hydrogen-bond donors (Lipinski definition) is 1. The van der Waals surface area contributed by atoms with Gasteiger partial charge in [0.05, 0.1) is 13.2 Å². The third-order valence-electron chi connectivity index (χ3n) is 3.70. The van der Waals surface area contributed by atoms with Gasteiger partial charge in [-0.15, -0.1) is 0 Å². The van der Waals surface area contributed by atoms with Gasteiger partial charge in [0.2, 0.25) is 0 Å². The van der Waals surface area contributed by atoms with Gasteiger partial charge in [-0.05, 0) is 44.1 Å². The third-order valence-corrected chi connectivity index (χ3v) is 3.70. The van der Waals surface area contributed by atoms with E-state index < -0.39 is 0 Å². The number of ether oxygens (including phenoxy) is 2. The first-order valence-corrected chi connectivity index (χ1v) is 7.04. The van der Waals surface area contributed by atoms with Gasteiger partial charge in [0.15, 0.2) is 0 Å². The Bertz CT molecular complexity index is 179. The standard InChI is InChI=1S/C14H29NO2/c1-12(2)13-10-14(11-13)15-6-4-5-7-17-9-8-16-3/h12-15H,4-11H2,1-3H3. The van der Waals surface area contributed by atoms with Crippen molar-refractivity contribution >= 4 is 0 Å². The lowest BCUT2D eigenvalue weighted by atomic mass is 9.74. The Hall–Kier alpha value is -0.120. The van der Waals surface area contributed by atoms with Gasteiger partial charge in [0.25, 0.3) is 0 Å². The minimum Gasteiger partial charge on any atom is -0.382 e. The molecule has 0 aromatic carbocycles. The first-order chi connectivity index (χ1) is 8.24. The van der Waals surface area contributed by atoms with Crippen molar-refractivity contribution in [2.45, 2.75) is 45.6 Å². The van der Waals surface area contributed by atoms with Crippen LogP contribution in [0.15, 0.2) is 0 Å². The molecular weight excluding hydrogens is 214 g/mol. The maximum atomic E-state index is 5.42. The Kier molecular flexibility index (Phi) is 7.82. The van der Waals surface area contributed by atoms with E-state index in [1.54, 1.807) is 7.11 Å². The summed E-state index contributed by atoms with van der Waals surface area (Å²) in [5.41, 5.74) is 0. The van der Waals surface area contributed by atoms with Crippen LogP contribution < -0.4 is 5.32 Å². The summed E-state index contributed by atoms with van der Waals surface area (Å²) in [5, 5.41) is 3.63. The van der Waals surface area contributed by atoms with Gasteiger partial charge in [-0.3, -0.25) is 0 Å². The van der Waals surface area contributed by atoms with Gasteiger partial charge >= 0.3 is 0 Å². The Morgan fingerprint density at radius 2 is 1.88 bits per heavy atom. The molecule has 1 aliphatic rings. The summed E-state index contributed by atoms with van der Waals surface area (Å²) < 4.78 is 10.3. The quantitative estimate of drug-likeness (QED) is 0.598. The molecule has 1 fully saturated rings. The van der Waals surface area contributed by atoms with Crippen LogP contribution in [0.4, 0.5) is 0 Å². The van der Waals surface area contributed by atoms with E-state index in [4.69, 9.17) is 9.47 Å². The molecule has 0 saturated heterocycles. The van der Waals surface area contributed by atoms with Gasteiger partial charge in [-0.1, -0.05) is 13.8 Å². The summed E-state index contributed by atoms with van der Waals surface area (Å²) in [5.74, 6) is 1.83.